The highest BCUT2D eigenvalue weighted by atomic mass is 35.5. The Hall–Kier alpha value is -0.480. The average Bonchev–Trinajstić information content (AvgIpc) is 3.23. The molecule has 3 nitrogen and oxygen atoms in total. The third-order valence-electron chi connectivity index (χ3n) is 3.69. The maximum absolute atomic E-state index is 12.3. The summed E-state index contributed by atoms with van der Waals surface area (Å²) in [6.07, 6.45) is 2.58. The van der Waals surface area contributed by atoms with Crippen molar-refractivity contribution in [3.63, 3.8) is 0 Å². The van der Waals surface area contributed by atoms with E-state index in [-0.39, 0.29) is 24.4 Å². The molecule has 1 aliphatic carbocycles. The van der Waals surface area contributed by atoms with E-state index in [0.717, 1.165) is 18.0 Å². The van der Waals surface area contributed by atoms with Crippen LogP contribution in [0, 0.1) is 5.92 Å². The minimum Gasteiger partial charge on any atom is -0.335 e. The molecule has 0 bridgehead atoms. The van der Waals surface area contributed by atoms with Gasteiger partial charge in [-0.05, 0) is 56.8 Å². The Bertz CT molecular complexity index is 504. The Morgan fingerprint density at radius 3 is 2.55 bits per heavy atom. The minimum absolute atomic E-state index is 0. The van der Waals surface area contributed by atoms with Crippen LogP contribution >= 0.6 is 35.6 Å². The van der Waals surface area contributed by atoms with Crippen molar-refractivity contribution >= 4 is 41.5 Å². The van der Waals surface area contributed by atoms with Crippen LogP contribution in [0.1, 0.15) is 32.3 Å². The van der Waals surface area contributed by atoms with E-state index in [1.807, 2.05) is 30.9 Å². The van der Waals surface area contributed by atoms with Gasteiger partial charge in [-0.2, -0.15) is 0 Å². The second kappa shape index (κ2) is 8.97. The van der Waals surface area contributed by atoms with Crippen molar-refractivity contribution < 1.29 is 4.79 Å². The summed E-state index contributed by atoms with van der Waals surface area (Å²) in [5, 5.41) is 4.31. The molecule has 1 amide bonds. The second-order valence-electron chi connectivity index (χ2n) is 5.94. The van der Waals surface area contributed by atoms with E-state index in [1.54, 1.807) is 6.07 Å². The molecule has 0 saturated heterocycles. The molecule has 0 unspecified atom stereocenters. The average molecular weight is 366 g/mol. The van der Waals surface area contributed by atoms with Crippen molar-refractivity contribution in [1.82, 2.24) is 10.2 Å². The Morgan fingerprint density at radius 1 is 1.32 bits per heavy atom. The summed E-state index contributed by atoms with van der Waals surface area (Å²) < 4.78 is 0. The van der Waals surface area contributed by atoms with Gasteiger partial charge < -0.3 is 10.2 Å². The first-order valence-corrected chi connectivity index (χ1v) is 8.17. The molecule has 2 rings (SSSR count). The fraction of sp³-hybridized carbons (Fsp3) is 0.562. The fourth-order valence-corrected chi connectivity index (χ4v) is 2.52. The molecule has 124 valence electrons. The number of rotatable bonds is 7. The minimum atomic E-state index is 0. The molecule has 1 N–H and O–H groups in total. The number of carbonyl (C=O) groups is 1. The van der Waals surface area contributed by atoms with Gasteiger partial charge >= 0.3 is 0 Å². The molecular formula is C16H23Cl3N2O. The van der Waals surface area contributed by atoms with Crippen molar-refractivity contribution in [2.45, 2.75) is 39.3 Å². The molecule has 1 saturated carbocycles. The van der Waals surface area contributed by atoms with Crippen molar-refractivity contribution in [1.29, 1.82) is 0 Å². The van der Waals surface area contributed by atoms with E-state index >= 15 is 0 Å². The molecule has 1 aromatic rings. The van der Waals surface area contributed by atoms with Gasteiger partial charge in [0.1, 0.15) is 0 Å². The number of hydrogen-bond acceptors (Lipinski definition) is 2. The summed E-state index contributed by atoms with van der Waals surface area (Å²) in [6.45, 7) is 5.95. The first kappa shape index (κ1) is 19.6. The highest BCUT2D eigenvalue weighted by Gasteiger charge is 2.22. The number of benzene rings is 1. The molecule has 0 radical (unpaired) electrons. The van der Waals surface area contributed by atoms with E-state index < -0.39 is 0 Å². The van der Waals surface area contributed by atoms with Crippen molar-refractivity contribution in [3.05, 3.63) is 33.8 Å². The Balaban J connectivity index is 0.00000242. The van der Waals surface area contributed by atoms with Gasteiger partial charge in [0.2, 0.25) is 5.91 Å². The number of nitrogens with one attached hydrogen (secondary N) is 1. The summed E-state index contributed by atoms with van der Waals surface area (Å²) in [6, 6.07) is 5.65. The number of carbonyl (C=O) groups excluding carboxylic acids is 1. The first-order valence-electron chi connectivity index (χ1n) is 7.41. The smallest absolute Gasteiger partial charge is 0.237 e. The van der Waals surface area contributed by atoms with E-state index in [2.05, 4.69) is 5.32 Å². The quantitative estimate of drug-likeness (QED) is 0.787. The van der Waals surface area contributed by atoms with Gasteiger partial charge in [0, 0.05) is 12.6 Å². The van der Waals surface area contributed by atoms with Crippen LogP contribution in [0.3, 0.4) is 0 Å². The highest BCUT2D eigenvalue weighted by molar-refractivity contribution is 6.42. The van der Waals surface area contributed by atoms with Gasteiger partial charge in [-0.3, -0.25) is 4.79 Å². The summed E-state index contributed by atoms with van der Waals surface area (Å²) in [4.78, 5) is 14.2. The SMILES string of the molecule is CC(C)N(Cc1ccc(Cl)c(Cl)c1)C(=O)CNCC1CC1.Cl. The van der Waals surface area contributed by atoms with Crippen LogP contribution in [0.15, 0.2) is 18.2 Å². The molecule has 0 aromatic heterocycles. The first-order chi connectivity index (χ1) is 9.97. The van der Waals surface area contributed by atoms with Crippen LogP contribution < -0.4 is 5.32 Å². The summed E-state index contributed by atoms with van der Waals surface area (Å²) in [5.74, 6) is 0.900. The standard InChI is InChI=1S/C16H22Cl2N2O.ClH/c1-11(2)20(16(21)9-19-8-12-3-4-12)10-13-5-6-14(17)15(18)7-13;/h5-7,11-12,19H,3-4,8-10H2,1-2H3;1H. The number of halogens is 3. The summed E-state index contributed by atoms with van der Waals surface area (Å²) >= 11 is 12.0. The molecule has 0 spiro atoms. The molecule has 0 atom stereocenters. The molecule has 1 aromatic carbocycles. The van der Waals surface area contributed by atoms with Crippen LogP contribution in [0.2, 0.25) is 10.0 Å². The number of hydrogen-bond donors (Lipinski definition) is 1. The number of nitrogens with zero attached hydrogens (tertiary/aromatic N) is 1. The van der Waals surface area contributed by atoms with E-state index in [9.17, 15) is 4.79 Å². The highest BCUT2D eigenvalue weighted by Crippen LogP contribution is 2.27. The third kappa shape index (κ3) is 5.96. The van der Waals surface area contributed by atoms with Crippen molar-refractivity contribution in [3.8, 4) is 0 Å². The fourth-order valence-electron chi connectivity index (χ4n) is 2.20. The van der Waals surface area contributed by atoms with Crippen molar-refractivity contribution in [2.24, 2.45) is 5.92 Å². The zero-order valence-electron chi connectivity index (χ0n) is 12.9. The Labute approximate surface area is 148 Å². The molecule has 1 aliphatic rings. The normalized spacial score (nSPS) is 13.9. The summed E-state index contributed by atoms with van der Waals surface area (Å²) in [7, 11) is 0. The van der Waals surface area contributed by atoms with Gasteiger partial charge in [0.15, 0.2) is 0 Å². The van der Waals surface area contributed by atoms with Crippen LogP contribution in [0.25, 0.3) is 0 Å². The van der Waals surface area contributed by atoms with Crippen molar-refractivity contribution in [2.75, 3.05) is 13.1 Å². The second-order valence-corrected chi connectivity index (χ2v) is 6.75. The van der Waals surface area contributed by atoms with Crippen LogP contribution in [0.5, 0.6) is 0 Å². The lowest BCUT2D eigenvalue weighted by Crippen LogP contribution is -2.42. The van der Waals surface area contributed by atoms with E-state index in [4.69, 9.17) is 23.2 Å². The maximum atomic E-state index is 12.3. The van der Waals surface area contributed by atoms with Gasteiger partial charge in [-0.25, -0.2) is 0 Å². The predicted octanol–water partition coefficient (Wildman–Crippen LogP) is 4.15. The van der Waals surface area contributed by atoms with Gasteiger partial charge in [0.05, 0.1) is 16.6 Å². The molecule has 0 heterocycles. The topological polar surface area (TPSA) is 32.3 Å². The molecule has 6 heteroatoms. The molecule has 1 fully saturated rings. The van der Waals surface area contributed by atoms with Crippen LogP contribution in [-0.4, -0.2) is 29.9 Å². The zero-order valence-corrected chi connectivity index (χ0v) is 15.3. The third-order valence-corrected chi connectivity index (χ3v) is 4.43. The van der Waals surface area contributed by atoms with Crippen LogP contribution in [0.4, 0.5) is 0 Å². The predicted molar refractivity (Wildman–Crippen MR) is 95.0 cm³/mol. The van der Waals surface area contributed by atoms with Gasteiger partial charge in [-0.15, -0.1) is 12.4 Å². The lowest BCUT2D eigenvalue weighted by Gasteiger charge is -2.27. The molecule has 0 aliphatic heterocycles. The Kier molecular flexibility index (Phi) is 7.98. The molecule has 22 heavy (non-hydrogen) atoms. The summed E-state index contributed by atoms with van der Waals surface area (Å²) in [5.41, 5.74) is 0.994. The number of amides is 1. The maximum Gasteiger partial charge on any atom is 0.237 e. The van der Waals surface area contributed by atoms with Gasteiger partial charge in [-0.1, -0.05) is 29.3 Å². The lowest BCUT2D eigenvalue weighted by atomic mass is 10.2. The van der Waals surface area contributed by atoms with Crippen LogP contribution in [-0.2, 0) is 11.3 Å². The Morgan fingerprint density at radius 2 is 2.00 bits per heavy atom. The van der Waals surface area contributed by atoms with E-state index in [1.165, 1.54) is 12.8 Å². The van der Waals surface area contributed by atoms with Gasteiger partial charge in [0.25, 0.3) is 0 Å². The largest absolute Gasteiger partial charge is 0.335 e. The molecular weight excluding hydrogens is 343 g/mol. The zero-order chi connectivity index (χ0) is 15.4. The van der Waals surface area contributed by atoms with E-state index in [0.29, 0.717) is 23.1 Å². The monoisotopic (exact) mass is 364 g/mol. The lowest BCUT2D eigenvalue weighted by molar-refractivity contribution is -0.132.